The van der Waals surface area contributed by atoms with Crippen LogP contribution in [-0.2, 0) is 16.1 Å². The van der Waals surface area contributed by atoms with Gasteiger partial charge in [0.2, 0.25) is 0 Å². The van der Waals surface area contributed by atoms with Crippen molar-refractivity contribution in [1.82, 2.24) is 4.90 Å². The topological polar surface area (TPSA) is 88.1 Å². The summed E-state index contributed by atoms with van der Waals surface area (Å²) in [7, 11) is 0. The molecule has 7 nitrogen and oxygen atoms in total. The molecule has 2 aliphatic carbocycles. The van der Waals surface area contributed by atoms with E-state index in [1.54, 1.807) is 36.1 Å². The molecule has 8 heteroatoms. The van der Waals surface area contributed by atoms with Crippen molar-refractivity contribution >= 4 is 17.7 Å². The van der Waals surface area contributed by atoms with Gasteiger partial charge in [0.1, 0.15) is 5.82 Å². The van der Waals surface area contributed by atoms with E-state index in [0.29, 0.717) is 42.5 Å². The Morgan fingerprint density at radius 2 is 1.94 bits per heavy atom. The highest BCUT2D eigenvalue weighted by Gasteiger charge is 2.33. The van der Waals surface area contributed by atoms with Crippen molar-refractivity contribution in [3.05, 3.63) is 65.0 Å². The largest absolute Gasteiger partial charge is 0.478 e. The van der Waals surface area contributed by atoms with Crippen molar-refractivity contribution in [2.45, 2.75) is 64.2 Å². The summed E-state index contributed by atoms with van der Waals surface area (Å²) in [4.78, 5) is 26.1. The second-order valence-corrected chi connectivity index (χ2v) is 9.82. The Hall–Kier alpha value is -2.97. The van der Waals surface area contributed by atoms with Crippen LogP contribution in [-0.4, -0.2) is 53.9 Å². The second kappa shape index (κ2) is 12.3. The summed E-state index contributed by atoms with van der Waals surface area (Å²) >= 11 is 0. The normalized spacial score (nSPS) is 19.6. The van der Waals surface area contributed by atoms with Gasteiger partial charge in [0.25, 0.3) is 0 Å². The lowest BCUT2D eigenvalue weighted by molar-refractivity contribution is -0.0140. The number of benzene rings is 2. The molecular weight excluding hydrogens is 463 g/mol. The minimum atomic E-state index is -0.928. The molecule has 0 radical (unpaired) electrons. The predicted molar refractivity (Wildman–Crippen MR) is 135 cm³/mol. The van der Waals surface area contributed by atoms with Gasteiger partial charge in [0.05, 0.1) is 24.9 Å². The number of rotatable bonds is 11. The summed E-state index contributed by atoms with van der Waals surface area (Å²) in [6.45, 7) is 3.59. The molecule has 4 rings (SSSR count). The molecule has 0 heterocycles. The number of halogens is 1. The molecule has 2 aliphatic rings. The molecule has 2 unspecified atom stereocenters. The zero-order valence-corrected chi connectivity index (χ0v) is 20.7. The Morgan fingerprint density at radius 3 is 2.69 bits per heavy atom. The number of hydrogen-bond acceptors (Lipinski definition) is 4. The lowest BCUT2D eigenvalue weighted by Crippen LogP contribution is -2.40. The number of carbonyl (C=O) groups excluding carboxylic acids is 1. The minimum absolute atomic E-state index is 0.119. The molecule has 0 spiro atoms. The Balaban J connectivity index is 1.20. The number of anilines is 1. The average molecular weight is 499 g/mol. The SMILES string of the molecule is Cc1cccc(COCC2CCCC(OCCN(C(=O)Nc3cccc(F)c3)C3CC3)C2)c1C(=O)O. The third-order valence-corrected chi connectivity index (χ3v) is 6.93. The standard InChI is InChI=1S/C28H35FN2O5/c1-19-5-2-7-21(26(19)27(32)33)18-35-17-20-6-3-10-25(15-20)36-14-13-31(24-11-12-24)28(34)30-23-9-4-8-22(29)16-23/h2,4-5,7-9,16,20,24-25H,3,6,10-15,17-18H2,1H3,(H,30,34)(H,32,33). The molecule has 2 amide bonds. The second-order valence-electron chi connectivity index (χ2n) is 9.82. The van der Waals surface area contributed by atoms with Crippen molar-refractivity contribution in [3.63, 3.8) is 0 Å². The molecule has 194 valence electrons. The number of carbonyl (C=O) groups is 2. The predicted octanol–water partition coefficient (Wildman–Crippen LogP) is 5.62. The van der Waals surface area contributed by atoms with Gasteiger partial charge in [-0.2, -0.15) is 0 Å². The fourth-order valence-electron chi connectivity index (χ4n) is 4.95. The maximum absolute atomic E-state index is 13.4. The van der Waals surface area contributed by atoms with Crippen LogP contribution in [0.2, 0.25) is 0 Å². The number of ether oxygens (including phenoxy) is 2. The van der Waals surface area contributed by atoms with Gasteiger partial charge in [-0.25, -0.2) is 14.0 Å². The summed E-state index contributed by atoms with van der Waals surface area (Å²) in [5.74, 6) is -0.952. The Kier molecular flexibility index (Phi) is 8.93. The van der Waals surface area contributed by atoms with E-state index >= 15 is 0 Å². The van der Waals surface area contributed by atoms with Gasteiger partial charge < -0.3 is 24.8 Å². The van der Waals surface area contributed by atoms with Gasteiger partial charge in [-0.05, 0) is 74.3 Å². The molecule has 0 aliphatic heterocycles. The lowest BCUT2D eigenvalue weighted by Gasteiger charge is -2.30. The first kappa shape index (κ1) is 26.1. The number of nitrogens with one attached hydrogen (secondary N) is 1. The molecule has 2 atom stereocenters. The fraction of sp³-hybridized carbons (Fsp3) is 0.500. The lowest BCUT2D eigenvalue weighted by atomic mass is 9.88. The molecule has 2 saturated carbocycles. The van der Waals surface area contributed by atoms with Gasteiger partial charge >= 0.3 is 12.0 Å². The van der Waals surface area contributed by atoms with Crippen molar-refractivity contribution in [2.75, 3.05) is 25.1 Å². The maximum atomic E-state index is 13.4. The summed E-state index contributed by atoms with van der Waals surface area (Å²) in [6.07, 6.45) is 6.05. The fourth-order valence-corrected chi connectivity index (χ4v) is 4.95. The number of urea groups is 1. The number of aryl methyl sites for hydroxylation is 1. The van der Waals surface area contributed by atoms with Crippen LogP contribution in [0.4, 0.5) is 14.9 Å². The van der Waals surface area contributed by atoms with Gasteiger partial charge in [0, 0.05) is 24.9 Å². The minimum Gasteiger partial charge on any atom is -0.478 e. The van der Waals surface area contributed by atoms with E-state index < -0.39 is 5.97 Å². The summed E-state index contributed by atoms with van der Waals surface area (Å²) < 4.78 is 25.5. The van der Waals surface area contributed by atoms with Crippen LogP contribution in [0.25, 0.3) is 0 Å². The molecule has 2 N–H and O–H groups in total. The van der Waals surface area contributed by atoms with E-state index in [2.05, 4.69) is 5.32 Å². The number of nitrogens with zero attached hydrogens (tertiary/aromatic N) is 1. The van der Waals surface area contributed by atoms with E-state index in [-0.39, 0.29) is 30.6 Å². The molecule has 0 bridgehead atoms. The van der Waals surface area contributed by atoms with Crippen LogP contribution in [0.15, 0.2) is 42.5 Å². The first-order chi connectivity index (χ1) is 17.4. The van der Waals surface area contributed by atoms with E-state index in [4.69, 9.17) is 9.47 Å². The van der Waals surface area contributed by atoms with Crippen molar-refractivity contribution in [3.8, 4) is 0 Å². The number of hydrogen-bond donors (Lipinski definition) is 2. The molecule has 0 saturated heterocycles. The van der Waals surface area contributed by atoms with Crippen molar-refractivity contribution in [1.29, 1.82) is 0 Å². The molecule has 2 aromatic carbocycles. The van der Waals surface area contributed by atoms with Crippen molar-refractivity contribution < 1.29 is 28.6 Å². The summed E-state index contributed by atoms with van der Waals surface area (Å²) in [5.41, 5.74) is 2.20. The third-order valence-electron chi connectivity index (χ3n) is 6.93. The highest BCUT2D eigenvalue weighted by molar-refractivity contribution is 5.91. The quantitative estimate of drug-likeness (QED) is 0.420. The zero-order valence-electron chi connectivity index (χ0n) is 20.7. The van der Waals surface area contributed by atoms with Crippen LogP contribution < -0.4 is 5.32 Å². The van der Waals surface area contributed by atoms with E-state index in [9.17, 15) is 19.1 Å². The van der Waals surface area contributed by atoms with Crippen LogP contribution >= 0.6 is 0 Å². The van der Waals surface area contributed by atoms with Crippen LogP contribution in [0, 0.1) is 18.7 Å². The van der Waals surface area contributed by atoms with Gasteiger partial charge in [-0.1, -0.05) is 30.7 Å². The first-order valence-electron chi connectivity index (χ1n) is 12.7. The monoisotopic (exact) mass is 498 g/mol. The van der Waals surface area contributed by atoms with Crippen LogP contribution in [0.1, 0.15) is 60.0 Å². The first-order valence-corrected chi connectivity index (χ1v) is 12.7. The van der Waals surface area contributed by atoms with E-state index in [1.165, 1.54) is 12.1 Å². The third kappa shape index (κ3) is 7.27. The molecule has 36 heavy (non-hydrogen) atoms. The number of carboxylic acids is 1. The average Bonchev–Trinajstić information content (AvgIpc) is 3.67. The maximum Gasteiger partial charge on any atom is 0.336 e. The highest BCUT2D eigenvalue weighted by atomic mass is 19.1. The number of amides is 2. The van der Waals surface area contributed by atoms with Crippen LogP contribution in [0.5, 0.6) is 0 Å². The Morgan fingerprint density at radius 1 is 1.14 bits per heavy atom. The molecular formula is C28H35FN2O5. The zero-order chi connectivity index (χ0) is 25.5. The molecule has 0 aromatic heterocycles. The van der Waals surface area contributed by atoms with Crippen LogP contribution in [0.3, 0.4) is 0 Å². The van der Waals surface area contributed by atoms with Gasteiger partial charge in [0.15, 0.2) is 0 Å². The van der Waals surface area contributed by atoms with Crippen molar-refractivity contribution in [2.24, 2.45) is 5.92 Å². The van der Waals surface area contributed by atoms with E-state index in [0.717, 1.165) is 44.1 Å². The summed E-state index contributed by atoms with van der Waals surface area (Å²) in [5, 5.41) is 12.3. The van der Waals surface area contributed by atoms with E-state index in [1.807, 2.05) is 6.07 Å². The smallest absolute Gasteiger partial charge is 0.336 e. The van der Waals surface area contributed by atoms with Gasteiger partial charge in [-0.15, -0.1) is 0 Å². The highest BCUT2D eigenvalue weighted by Crippen LogP contribution is 2.29. The number of carboxylic acid groups (broad SMARTS) is 1. The number of aromatic carboxylic acids is 1. The Labute approximate surface area is 211 Å². The molecule has 2 aromatic rings. The van der Waals surface area contributed by atoms with Gasteiger partial charge in [-0.3, -0.25) is 0 Å². The molecule has 2 fully saturated rings. The summed E-state index contributed by atoms with van der Waals surface area (Å²) in [6, 6.07) is 11.4. The Bertz CT molecular complexity index is 1060.